The minimum Gasteiger partial charge on any atom is -0.480 e. The third-order valence-corrected chi connectivity index (χ3v) is 4.72. The highest BCUT2D eigenvalue weighted by atomic mass is 79.9. The number of hydrogen-bond donors (Lipinski definition) is 0. The molecule has 3 aromatic rings. The fourth-order valence-electron chi connectivity index (χ4n) is 2.79. The quantitative estimate of drug-likeness (QED) is 0.641. The molecule has 1 aliphatic rings. The summed E-state index contributed by atoms with van der Waals surface area (Å²) >= 11 is 3.37. The number of anilines is 2. The number of piperazine rings is 1. The van der Waals surface area contributed by atoms with Crippen molar-refractivity contribution in [1.29, 1.82) is 0 Å². The van der Waals surface area contributed by atoms with Crippen LogP contribution >= 0.6 is 15.9 Å². The summed E-state index contributed by atoms with van der Waals surface area (Å²) in [6.07, 6.45) is 1.71. The zero-order valence-corrected chi connectivity index (χ0v) is 15.8. The molecule has 26 heavy (non-hydrogen) atoms. The minimum atomic E-state index is 0.531. The van der Waals surface area contributed by atoms with Crippen molar-refractivity contribution in [3.63, 3.8) is 0 Å². The largest absolute Gasteiger partial charge is 0.480 e. The Balaban J connectivity index is 1.43. The average molecular weight is 417 g/mol. The van der Waals surface area contributed by atoms with E-state index < -0.39 is 0 Å². The van der Waals surface area contributed by atoms with Crippen LogP contribution < -0.4 is 14.5 Å². The van der Waals surface area contributed by atoms with Crippen LogP contribution in [0.2, 0.25) is 0 Å². The second kappa shape index (κ2) is 7.28. The Morgan fingerprint density at radius 3 is 2.38 bits per heavy atom. The Bertz CT molecular complexity index is 880. The van der Waals surface area contributed by atoms with Crippen LogP contribution in [0.4, 0.5) is 11.9 Å². The number of rotatable bonds is 4. The van der Waals surface area contributed by atoms with E-state index in [-0.39, 0.29) is 0 Å². The molecule has 0 saturated carbocycles. The first-order valence-electron chi connectivity index (χ1n) is 8.20. The molecule has 0 N–H and O–H groups in total. The van der Waals surface area contributed by atoms with Gasteiger partial charge in [0.25, 0.3) is 11.8 Å². The summed E-state index contributed by atoms with van der Waals surface area (Å²) in [6, 6.07) is 9.76. The van der Waals surface area contributed by atoms with E-state index in [1.54, 1.807) is 13.3 Å². The summed E-state index contributed by atoms with van der Waals surface area (Å²) in [5, 5.41) is 4.12. The molecule has 1 fully saturated rings. The van der Waals surface area contributed by atoms with Crippen LogP contribution in [0.15, 0.2) is 45.5 Å². The predicted octanol–water partition coefficient (Wildman–Crippen LogP) is 2.62. The highest BCUT2D eigenvalue weighted by Gasteiger charge is 2.23. The fraction of sp³-hybridized carbons (Fsp3) is 0.294. The maximum Gasteiger partial charge on any atom is 0.266 e. The lowest BCUT2D eigenvalue weighted by Gasteiger charge is -2.33. The van der Waals surface area contributed by atoms with E-state index >= 15 is 0 Å². The Labute approximate surface area is 158 Å². The van der Waals surface area contributed by atoms with Gasteiger partial charge in [-0.05, 0) is 33.2 Å². The van der Waals surface area contributed by atoms with Gasteiger partial charge in [-0.15, -0.1) is 0 Å². The van der Waals surface area contributed by atoms with Crippen LogP contribution in [0.1, 0.15) is 0 Å². The second-order valence-corrected chi connectivity index (χ2v) is 6.62. The van der Waals surface area contributed by atoms with Crippen molar-refractivity contribution in [2.24, 2.45) is 0 Å². The van der Waals surface area contributed by atoms with Crippen molar-refractivity contribution >= 4 is 27.8 Å². The fourth-order valence-corrected chi connectivity index (χ4v) is 3.14. The number of aromatic nitrogens is 4. The summed E-state index contributed by atoms with van der Waals surface area (Å²) < 4.78 is 11.4. The van der Waals surface area contributed by atoms with Crippen molar-refractivity contribution in [1.82, 2.24) is 20.1 Å². The normalized spacial score (nSPS) is 14.5. The maximum atomic E-state index is 5.40. The van der Waals surface area contributed by atoms with Crippen molar-refractivity contribution in [2.45, 2.75) is 0 Å². The van der Waals surface area contributed by atoms with E-state index in [1.807, 2.05) is 30.3 Å². The molecular weight excluding hydrogens is 400 g/mol. The molecular formula is C17H17BrN6O2. The summed E-state index contributed by atoms with van der Waals surface area (Å²) in [4.78, 5) is 17.5. The number of methoxy groups -OCH3 is 1. The molecule has 1 aliphatic heterocycles. The van der Waals surface area contributed by atoms with Crippen molar-refractivity contribution in [2.75, 3.05) is 43.1 Å². The van der Waals surface area contributed by atoms with Crippen LogP contribution in [0.25, 0.3) is 11.5 Å². The molecule has 0 unspecified atom stereocenters. The SMILES string of the molecule is COc1nc(N2CCN(c3noc(-c4ccccc4)n3)CC2)ncc1Br. The number of halogens is 1. The second-order valence-electron chi connectivity index (χ2n) is 5.77. The molecule has 3 heterocycles. The van der Waals surface area contributed by atoms with Gasteiger partial charge in [0.1, 0.15) is 0 Å². The van der Waals surface area contributed by atoms with Crippen LogP contribution in [0.3, 0.4) is 0 Å². The topological polar surface area (TPSA) is 80.4 Å². The summed E-state index contributed by atoms with van der Waals surface area (Å²) in [5.41, 5.74) is 0.917. The van der Waals surface area contributed by atoms with Crippen LogP contribution in [-0.4, -0.2) is 53.4 Å². The van der Waals surface area contributed by atoms with Crippen LogP contribution in [0, 0.1) is 0 Å². The Morgan fingerprint density at radius 2 is 1.69 bits per heavy atom. The lowest BCUT2D eigenvalue weighted by Crippen LogP contribution is -2.47. The highest BCUT2D eigenvalue weighted by molar-refractivity contribution is 9.10. The molecule has 2 aromatic heterocycles. The minimum absolute atomic E-state index is 0.531. The third kappa shape index (κ3) is 3.34. The summed E-state index contributed by atoms with van der Waals surface area (Å²) in [6.45, 7) is 3.05. The van der Waals surface area contributed by atoms with Crippen molar-refractivity contribution < 1.29 is 9.26 Å². The highest BCUT2D eigenvalue weighted by Crippen LogP contribution is 2.25. The molecule has 8 nitrogen and oxygen atoms in total. The van der Waals surface area contributed by atoms with Gasteiger partial charge in [-0.3, -0.25) is 0 Å². The van der Waals surface area contributed by atoms with Gasteiger partial charge in [-0.1, -0.05) is 18.2 Å². The molecule has 0 radical (unpaired) electrons. The van der Waals surface area contributed by atoms with Crippen LogP contribution in [0.5, 0.6) is 5.88 Å². The third-order valence-electron chi connectivity index (χ3n) is 4.17. The summed E-state index contributed by atoms with van der Waals surface area (Å²) in [5.74, 6) is 2.33. The first-order valence-corrected chi connectivity index (χ1v) is 8.99. The Kier molecular flexibility index (Phi) is 4.70. The average Bonchev–Trinajstić information content (AvgIpc) is 3.19. The van der Waals surface area contributed by atoms with Gasteiger partial charge < -0.3 is 19.1 Å². The molecule has 0 amide bonds. The molecule has 4 rings (SSSR count). The standard InChI is InChI=1S/C17H17BrN6O2/c1-25-15-13(18)11-19-16(21-15)23-7-9-24(10-8-23)17-20-14(26-22-17)12-5-3-2-4-6-12/h2-6,11H,7-10H2,1H3. The molecule has 1 aromatic carbocycles. The van der Waals surface area contributed by atoms with E-state index in [2.05, 4.69) is 45.8 Å². The first kappa shape index (κ1) is 16.8. The van der Waals surface area contributed by atoms with Crippen molar-refractivity contribution in [3.8, 4) is 17.3 Å². The summed E-state index contributed by atoms with van der Waals surface area (Å²) in [7, 11) is 1.59. The molecule has 0 bridgehead atoms. The zero-order valence-electron chi connectivity index (χ0n) is 14.2. The zero-order chi connectivity index (χ0) is 17.9. The smallest absolute Gasteiger partial charge is 0.266 e. The van der Waals surface area contributed by atoms with Gasteiger partial charge in [-0.2, -0.15) is 9.97 Å². The first-order chi connectivity index (χ1) is 12.7. The lowest BCUT2D eigenvalue weighted by atomic mass is 10.2. The lowest BCUT2D eigenvalue weighted by molar-refractivity contribution is 0.393. The monoisotopic (exact) mass is 416 g/mol. The van der Waals surface area contributed by atoms with Gasteiger partial charge >= 0.3 is 0 Å². The molecule has 9 heteroatoms. The number of benzene rings is 1. The van der Waals surface area contributed by atoms with E-state index in [1.165, 1.54) is 0 Å². The molecule has 0 spiro atoms. The predicted molar refractivity (Wildman–Crippen MR) is 100 cm³/mol. The van der Waals surface area contributed by atoms with Crippen molar-refractivity contribution in [3.05, 3.63) is 41.0 Å². The van der Waals surface area contributed by atoms with E-state index in [0.717, 1.165) is 36.2 Å². The Hall–Kier alpha value is -2.68. The van der Waals surface area contributed by atoms with Gasteiger partial charge in [0.15, 0.2) is 0 Å². The molecule has 1 saturated heterocycles. The van der Waals surface area contributed by atoms with Crippen LogP contribution in [-0.2, 0) is 0 Å². The number of ether oxygens (including phenoxy) is 1. The van der Waals surface area contributed by atoms with E-state index in [9.17, 15) is 0 Å². The number of nitrogens with zero attached hydrogens (tertiary/aromatic N) is 6. The Morgan fingerprint density at radius 1 is 1.00 bits per heavy atom. The number of hydrogen-bond acceptors (Lipinski definition) is 8. The van der Waals surface area contributed by atoms with E-state index in [0.29, 0.717) is 23.7 Å². The molecule has 0 atom stereocenters. The van der Waals surface area contributed by atoms with Gasteiger partial charge in [0.05, 0.1) is 17.8 Å². The molecule has 134 valence electrons. The maximum absolute atomic E-state index is 5.40. The van der Waals surface area contributed by atoms with Gasteiger partial charge in [-0.25, -0.2) is 4.98 Å². The molecule has 0 aliphatic carbocycles. The van der Waals surface area contributed by atoms with Gasteiger partial charge in [0, 0.05) is 31.7 Å². The van der Waals surface area contributed by atoms with Gasteiger partial charge in [0.2, 0.25) is 11.8 Å². The van der Waals surface area contributed by atoms with E-state index in [4.69, 9.17) is 9.26 Å².